The molecule has 0 radical (unpaired) electrons. The second-order valence-electron chi connectivity index (χ2n) is 2.78. The predicted molar refractivity (Wildman–Crippen MR) is 75.2 cm³/mol. The van der Waals surface area contributed by atoms with Gasteiger partial charge in [0.1, 0.15) is 0 Å². The zero-order valence-corrected chi connectivity index (χ0v) is 11.7. The molecule has 4 N–H and O–H groups in total. The second kappa shape index (κ2) is 7.41. The summed E-state index contributed by atoms with van der Waals surface area (Å²) in [6.45, 7) is 0. The lowest BCUT2D eigenvalue weighted by molar-refractivity contribution is -0.116. The van der Waals surface area contributed by atoms with Crippen LogP contribution in [0.15, 0.2) is 8.47 Å². The van der Waals surface area contributed by atoms with Gasteiger partial charge < -0.3 is 11.5 Å². The molecule has 1 aliphatic rings. The Labute approximate surface area is 111 Å². The Morgan fingerprint density at radius 3 is 1.69 bits per heavy atom. The molecule has 0 aliphatic carbocycles. The molecule has 1 rings (SSSR count). The van der Waals surface area contributed by atoms with E-state index in [-0.39, 0.29) is 23.3 Å². The van der Waals surface area contributed by atoms with E-state index in [1.807, 2.05) is 0 Å². The summed E-state index contributed by atoms with van der Waals surface area (Å²) in [6, 6.07) is 0. The molecular formula is C8H12N2O2S4. The summed E-state index contributed by atoms with van der Waals surface area (Å²) in [5.74, 6) is 1.95. The van der Waals surface area contributed by atoms with Gasteiger partial charge in [0, 0.05) is 11.5 Å². The Morgan fingerprint density at radius 2 is 1.38 bits per heavy atom. The van der Waals surface area contributed by atoms with Crippen LogP contribution in [0, 0.1) is 0 Å². The van der Waals surface area contributed by atoms with Crippen molar-refractivity contribution in [2.75, 3.05) is 23.0 Å². The Bertz CT molecular complexity index is 289. The number of hydrogen-bond acceptors (Lipinski definition) is 6. The molecule has 8 heteroatoms. The first-order valence-electron chi connectivity index (χ1n) is 4.41. The minimum atomic E-state index is -0.326. The molecule has 0 atom stereocenters. The fraction of sp³-hybridized carbons (Fsp3) is 0.500. The van der Waals surface area contributed by atoms with Gasteiger partial charge >= 0.3 is 0 Å². The highest BCUT2D eigenvalue weighted by Crippen LogP contribution is 2.45. The molecule has 1 aliphatic heterocycles. The number of hydrogen-bond donors (Lipinski definition) is 2. The van der Waals surface area contributed by atoms with Crippen LogP contribution >= 0.6 is 47.0 Å². The molecule has 4 nitrogen and oxygen atoms in total. The average Bonchev–Trinajstić information content (AvgIpc) is 2.24. The zero-order chi connectivity index (χ0) is 12.0. The standard InChI is InChI=1S/C8H12N2O2S4/c9-5(11)3-15-7-8(14-2-1-13-7)16-4-6(10)12/h1-4H2,(H2,9,11)(H2,10,12). The van der Waals surface area contributed by atoms with Crippen molar-refractivity contribution in [3.05, 3.63) is 8.47 Å². The first-order chi connectivity index (χ1) is 7.59. The summed E-state index contributed by atoms with van der Waals surface area (Å²) in [5, 5.41) is 0. The van der Waals surface area contributed by atoms with Gasteiger partial charge in [0.15, 0.2) is 0 Å². The summed E-state index contributed by atoms with van der Waals surface area (Å²) in [6.07, 6.45) is 0. The quantitative estimate of drug-likeness (QED) is 0.761. The van der Waals surface area contributed by atoms with Gasteiger partial charge in [-0.05, 0) is 0 Å². The van der Waals surface area contributed by atoms with Gasteiger partial charge in [-0.15, -0.1) is 47.0 Å². The number of carbonyl (C=O) groups is 2. The van der Waals surface area contributed by atoms with E-state index < -0.39 is 0 Å². The molecule has 0 unspecified atom stereocenters. The predicted octanol–water partition coefficient (Wildman–Crippen LogP) is 1.03. The monoisotopic (exact) mass is 296 g/mol. The average molecular weight is 296 g/mol. The second-order valence-corrected chi connectivity index (χ2v) is 7.48. The highest BCUT2D eigenvalue weighted by atomic mass is 32.2. The molecule has 0 saturated heterocycles. The molecule has 90 valence electrons. The normalized spacial score (nSPS) is 16.2. The summed E-state index contributed by atoms with van der Waals surface area (Å²) in [5.41, 5.74) is 10.2. The number of primary amides is 2. The molecule has 0 fully saturated rings. The van der Waals surface area contributed by atoms with Crippen molar-refractivity contribution < 1.29 is 9.59 Å². The SMILES string of the molecule is NC(=O)CSC1=C(SCC(N)=O)SCCS1. The third kappa shape index (κ3) is 5.42. The lowest BCUT2D eigenvalue weighted by Gasteiger charge is -2.17. The molecule has 0 aromatic rings. The number of nitrogens with two attached hydrogens (primary N) is 2. The van der Waals surface area contributed by atoms with Gasteiger partial charge in [0.25, 0.3) is 0 Å². The van der Waals surface area contributed by atoms with Crippen LogP contribution in [-0.4, -0.2) is 34.8 Å². The van der Waals surface area contributed by atoms with E-state index in [4.69, 9.17) is 11.5 Å². The first-order valence-corrected chi connectivity index (χ1v) is 8.36. The van der Waals surface area contributed by atoms with Gasteiger partial charge in [-0.2, -0.15) is 0 Å². The third-order valence-corrected chi connectivity index (χ3v) is 7.14. The zero-order valence-electron chi connectivity index (χ0n) is 8.43. The van der Waals surface area contributed by atoms with Crippen LogP contribution in [0.3, 0.4) is 0 Å². The minimum absolute atomic E-state index is 0.281. The Hall–Kier alpha value is 0.0800. The summed E-state index contributed by atoms with van der Waals surface area (Å²) in [4.78, 5) is 21.4. The smallest absolute Gasteiger partial charge is 0.227 e. The van der Waals surface area contributed by atoms with E-state index in [2.05, 4.69) is 0 Å². The van der Waals surface area contributed by atoms with E-state index in [0.717, 1.165) is 20.0 Å². The van der Waals surface area contributed by atoms with Crippen molar-refractivity contribution in [3.8, 4) is 0 Å². The summed E-state index contributed by atoms with van der Waals surface area (Å²) >= 11 is 6.29. The molecule has 2 amide bonds. The van der Waals surface area contributed by atoms with Gasteiger partial charge in [-0.3, -0.25) is 9.59 Å². The van der Waals surface area contributed by atoms with Crippen LogP contribution in [0.2, 0.25) is 0 Å². The van der Waals surface area contributed by atoms with Crippen molar-refractivity contribution in [3.63, 3.8) is 0 Å². The largest absolute Gasteiger partial charge is 0.369 e. The Morgan fingerprint density at radius 1 is 1.00 bits per heavy atom. The summed E-state index contributed by atoms with van der Waals surface area (Å²) < 4.78 is 2.17. The molecule has 1 heterocycles. The van der Waals surface area contributed by atoms with E-state index in [0.29, 0.717) is 0 Å². The molecule has 0 aromatic carbocycles. The van der Waals surface area contributed by atoms with Crippen LogP contribution in [0.5, 0.6) is 0 Å². The van der Waals surface area contributed by atoms with Crippen molar-refractivity contribution in [1.82, 2.24) is 0 Å². The van der Waals surface area contributed by atoms with Crippen molar-refractivity contribution in [2.45, 2.75) is 0 Å². The molecule has 16 heavy (non-hydrogen) atoms. The molecule has 0 aromatic heterocycles. The van der Waals surface area contributed by atoms with E-state index in [1.165, 1.54) is 23.5 Å². The number of thioether (sulfide) groups is 4. The lowest BCUT2D eigenvalue weighted by atomic mass is 10.8. The fourth-order valence-corrected chi connectivity index (χ4v) is 5.85. The number of amides is 2. The fourth-order valence-electron chi connectivity index (χ4n) is 0.861. The molecule has 0 saturated carbocycles. The van der Waals surface area contributed by atoms with E-state index in [1.54, 1.807) is 23.5 Å². The van der Waals surface area contributed by atoms with Crippen LogP contribution in [-0.2, 0) is 9.59 Å². The van der Waals surface area contributed by atoms with Gasteiger partial charge in [-0.1, -0.05) is 0 Å². The maximum atomic E-state index is 10.7. The highest BCUT2D eigenvalue weighted by Gasteiger charge is 2.16. The van der Waals surface area contributed by atoms with Crippen molar-refractivity contribution in [2.24, 2.45) is 11.5 Å². The maximum Gasteiger partial charge on any atom is 0.227 e. The topological polar surface area (TPSA) is 86.2 Å². The van der Waals surface area contributed by atoms with Crippen LogP contribution < -0.4 is 11.5 Å². The maximum absolute atomic E-state index is 10.7. The number of rotatable bonds is 6. The Kier molecular flexibility index (Phi) is 6.55. The van der Waals surface area contributed by atoms with E-state index in [9.17, 15) is 9.59 Å². The first kappa shape index (κ1) is 14.1. The van der Waals surface area contributed by atoms with Crippen LogP contribution in [0.4, 0.5) is 0 Å². The van der Waals surface area contributed by atoms with Gasteiger partial charge in [-0.25, -0.2) is 0 Å². The highest BCUT2D eigenvalue weighted by molar-refractivity contribution is 8.29. The van der Waals surface area contributed by atoms with Crippen molar-refractivity contribution in [1.29, 1.82) is 0 Å². The number of carbonyl (C=O) groups excluding carboxylic acids is 2. The van der Waals surface area contributed by atoms with Crippen molar-refractivity contribution >= 4 is 58.9 Å². The molecular weight excluding hydrogens is 284 g/mol. The minimum Gasteiger partial charge on any atom is -0.369 e. The lowest BCUT2D eigenvalue weighted by Crippen LogP contribution is -2.14. The molecule has 0 spiro atoms. The molecule has 0 bridgehead atoms. The van der Waals surface area contributed by atoms with Crippen LogP contribution in [0.25, 0.3) is 0 Å². The van der Waals surface area contributed by atoms with Gasteiger partial charge in [0.2, 0.25) is 11.8 Å². The van der Waals surface area contributed by atoms with E-state index >= 15 is 0 Å². The van der Waals surface area contributed by atoms with Gasteiger partial charge in [0.05, 0.1) is 20.0 Å². The van der Waals surface area contributed by atoms with Crippen LogP contribution in [0.1, 0.15) is 0 Å². The Balaban J connectivity index is 2.56. The summed E-state index contributed by atoms with van der Waals surface area (Å²) in [7, 11) is 0. The third-order valence-electron chi connectivity index (χ3n) is 1.41.